The number of hydrogen-bond acceptors (Lipinski definition) is 0. The summed E-state index contributed by atoms with van der Waals surface area (Å²) in [6.07, 6.45) is 0. The molecule has 0 aliphatic heterocycles. The third-order valence-corrected chi connectivity index (χ3v) is 0.753. The van der Waals surface area contributed by atoms with Crippen LogP contribution in [0.1, 0.15) is 5.56 Å². The molecule has 1 radical (unpaired) electrons. The molecule has 0 aliphatic carbocycles. The second-order valence-electron chi connectivity index (χ2n) is 1.35. The van der Waals surface area contributed by atoms with Gasteiger partial charge in [-0.05, 0) is 0 Å². The number of aryl methyl sites for hydroxylation is 1. The van der Waals surface area contributed by atoms with Crippen LogP contribution in [0.4, 0.5) is 0 Å². The molecular formula is C7H9Fe. The van der Waals surface area contributed by atoms with Crippen molar-refractivity contribution in [1.29, 1.82) is 0 Å². The Kier molecular flexibility index (Phi) is 6.76. The summed E-state index contributed by atoms with van der Waals surface area (Å²) < 4.78 is 0. The summed E-state index contributed by atoms with van der Waals surface area (Å²) in [5.41, 5.74) is 1.22. The predicted octanol–water partition coefficient (Wildman–Crippen LogP) is 1.96. The molecule has 1 aromatic rings. The second kappa shape index (κ2) is 5.02. The minimum atomic E-state index is 0. The largest absolute Gasteiger partial charge is 3.00 e. The van der Waals surface area contributed by atoms with Gasteiger partial charge in [-0.15, -0.1) is 0 Å². The zero-order valence-electron chi connectivity index (χ0n) is 5.09. The first kappa shape index (κ1) is 10.8. The predicted molar refractivity (Wildman–Crippen MR) is 32.0 cm³/mol. The van der Waals surface area contributed by atoms with E-state index < -0.39 is 0 Å². The van der Waals surface area contributed by atoms with Crippen molar-refractivity contribution in [3.63, 3.8) is 0 Å². The summed E-state index contributed by atoms with van der Waals surface area (Å²) in [6, 6.07) is 8.92. The fraction of sp³-hybridized carbons (Fsp3) is 0.143. The van der Waals surface area contributed by atoms with Crippen molar-refractivity contribution in [2.24, 2.45) is 0 Å². The van der Waals surface area contributed by atoms with Crippen LogP contribution in [0.25, 0.3) is 0 Å². The summed E-state index contributed by atoms with van der Waals surface area (Å²) >= 11 is 0. The van der Waals surface area contributed by atoms with Gasteiger partial charge in [-0.2, -0.15) is 0 Å². The maximum absolute atomic E-state index is 3.00. The van der Waals surface area contributed by atoms with Gasteiger partial charge in [0.05, 0.1) is 0 Å². The van der Waals surface area contributed by atoms with Crippen LogP contribution in [0.2, 0.25) is 0 Å². The Morgan fingerprint density at radius 3 is 2.38 bits per heavy atom. The molecule has 0 nitrogen and oxygen atoms in total. The molecule has 0 spiro atoms. The molecular weight excluding hydrogens is 140 g/mol. The first-order chi connectivity index (χ1) is 2.89. The Bertz CT molecular complexity index is 108. The van der Waals surface area contributed by atoms with Crippen LogP contribution >= 0.6 is 0 Å². The van der Waals surface area contributed by atoms with E-state index in [9.17, 15) is 0 Å². The van der Waals surface area contributed by atoms with Crippen LogP contribution < -0.4 is 0 Å². The van der Waals surface area contributed by atoms with Gasteiger partial charge in [-0.1, -0.05) is 6.92 Å². The summed E-state index contributed by atoms with van der Waals surface area (Å²) in [6.45, 7) is 2.03. The standard InChI is InChI=1S/C6H6.CH3.Fe/c1-6-4-2-3-5-6;;/h2-4H,1H3;1H3;/q-2;-1;+3. The normalized spacial score (nSPS) is 6.62. The van der Waals surface area contributed by atoms with Crippen LogP contribution in [-0.4, -0.2) is 0 Å². The molecule has 0 fully saturated rings. The van der Waals surface area contributed by atoms with E-state index in [-0.39, 0.29) is 24.5 Å². The van der Waals surface area contributed by atoms with E-state index in [0.717, 1.165) is 0 Å². The monoisotopic (exact) mass is 149 g/mol. The SMILES string of the molecule is Cc1[c-]cc[cH-]1.[CH3-].[Fe+3]. The maximum atomic E-state index is 3.00. The first-order valence-corrected chi connectivity index (χ1v) is 1.99. The number of rotatable bonds is 0. The Morgan fingerprint density at radius 2 is 2.25 bits per heavy atom. The summed E-state index contributed by atoms with van der Waals surface area (Å²) in [5.74, 6) is 0. The molecule has 0 aliphatic rings. The van der Waals surface area contributed by atoms with Crippen molar-refractivity contribution in [3.05, 3.63) is 37.3 Å². The minimum Gasteiger partial charge on any atom is -0.376 e. The molecule has 1 rings (SSSR count). The zero-order valence-corrected chi connectivity index (χ0v) is 6.19. The molecule has 0 bridgehead atoms. The zero-order chi connectivity index (χ0) is 4.41. The van der Waals surface area contributed by atoms with Crippen LogP contribution in [0.15, 0.2) is 18.2 Å². The fourth-order valence-electron chi connectivity index (χ4n) is 0.420. The van der Waals surface area contributed by atoms with Gasteiger partial charge in [0.25, 0.3) is 0 Å². The van der Waals surface area contributed by atoms with Crippen LogP contribution in [-0.2, 0) is 17.1 Å². The van der Waals surface area contributed by atoms with Gasteiger partial charge in [0.2, 0.25) is 0 Å². The van der Waals surface area contributed by atoms with Gasteiger partial charge in [0, 0.05) is 0 Å². The van der Waals surface area contributed by atoms with E-state index >= 15 is 0 Å². The quantitative estimate of drug-likeness (QED) is 0.390. The van der Waals surface area contributed by atoms with E-state index in [0.29, 0.717) is 0 Å². The molecule has 0 amide bonds. The van der Waals surface area contributed by atoms with E-state index in [1.165, 1.54) is 5.56 Å². The van der Waals surface area contributed by atoms with Crippen LogP contribution in [0.5, 0.6) is 0 Å². The Labute approximate surface area is 61.8 Å². The molecule has 0 heterocycles. The molecule has 0 unspecified atom stereocenters. The van der Waals surface area contributed by atoms with E-state index in [1.807, 2.05) is 25.1 Å². The van der Waals surface area contributed by atoms with Gasteiger partial charge in [-0.3, -0.25) is 0 Å². The molecule has 0 saturated carbocycles. The van der Waals surface area contributed by atoms with Crippen molar-refractivity contribution in [1.82, 2.24) is 0 Å². The molecule has 1 aromatic carbocycles. The van der Waals surface area contributed by atoms with E-state index in [4.69, 9.17) is 0 Å². The van der Waals surface area contributed by atoms with Crippen molar-refractivity contribution < 1.29 is 17.1 Å². The van der Waals surface area contributed by atoms with Gasteiger partial charge in [-0.25, -0.2) is 0 Å². The molecule has 0 aromatic heterocycles. The van der Waals surface area contributed by atoms with Gasteiger partial charge >= 0.3 is 17.1 Å². The summed E-state index contributed by atoms with van der Waals surface area (Å²) in [5, 5.41) is 0. The molecule has 1 heteroatoms. The third kappa shape index (κ3) is 2.95. The van der Waals surface area contributed by atoms with Crippen molar-refractivity contribution in [2.75, 3.05) is 0 Å². The maximum Gasteiger partial charge on any atom is 3.00 e. The average molecular weight is 149 g/mol. The number of hydrogen-bond donors (Lipinski definition) is 0. The molecule has 0 atom stereocenters. The summed E-state index contributed by atoms with van der Waals surface area (Å²) in [4.78, 5) is 0. The smallest absolute Gasteiger partial charge is 0.376 e. The minimum absolute atomic E-state index is 0. The molecule has 45 valence electrons. The average Bonchev–Trinajstić information content (AvgIpc) is 1.86. The van der Waals surface area contributed by atoms with Gasteiger partial charge in [0.1, 0.15) is 0 Å². The fourth-order valence-corrected chi connectivity index (χ4v) is 0.420. The molecule has 8 heavy (non-hydrogen) atoms. The van der Waals surface area contributed by atoms with Crippen LogP contribution in [0, 0.1) is 20.4 Å². The van der Waals surface area contributed by atoms with Crippen molar-refractivity contribution >= 4 is 0 Å². The Hall–Kier alpha value is -0.131. The van der Waals surface area contributed by atoms with Crippen LogP contribution in [0.3, 0.4) is 0 Å². The topological polar surface area (TPSA) is 0 Å². The second-order valence-corrected chi connectivity index (χ2v) is 1.35. The van der Waals surface area contributed by atoms with Crippen molar-refractivity contribution in [2.45, 2.75) is 6.92 Å². The summed E-state index contributed by atoms with van der Waals surface area (Å²) in [7, 11) is 0. The molecule has 0 N–H and O–H groups in total. The van der Waals surface area contributed by atoms with Gasteiger partial charge < -0.3 is 37.3 Å². The third-order valence-electron chi connectivity index (χ3n) is 0.753. The Morgan fingerprint density at radius 1 is 1.62 bits per heavy atom. The Balaban J connectivity index is 0. The van der Waals surface area contributed by atoms with E-state index in [1.54, 1.807) is 0 Å². The van der Waals surface area contributed by atoms with Crippen molar-refractivity contribution in [3.8, 4) is 0 Å². The molecule has 0 saturated heterocycles. The van der Waals surface area contributed by atoms with E-state index in [2.05, 4.69) is 6.07 Å². The van der Waals surface area contributed by atoms with Gasteiger partial charge in [0.15, 0.2) is 0 Å². The first-order valence-electron chi connectivity index (χ1n) is 1.99.